The Kier molecular flexibility index (Phi) is 3.74. The van der Waals surface area contributed by atoms with Crippen molar-refractivity contribution in [2.45, 2.75) is 26.3 Å². The molecule has 0 aliphatic rings. The molecule has 0 spiro atoms. The molecule has 1 unspecified atom stereocenters. The molecule has 2 N–H and O–H groups in total. The van der Waals surface area contributed by atoms with Crippen LogP contribution >= 0.6 is 0 Å². The molecule has 0 saturated carbocycles. The highest BCUT2D eigenvalue weighted by atomic mass is 16.5. The molecule has 2 aromatic rings. The van der Waals surface area contributed by atoms with Gasteiger partial charge >= 0.3 is 0 Å². The fraction of sp³-hybridized carbons (Fsp3) is 0.333. The zero-order valence-corrected chi connectivity index (χ0v) is 10.6. The molecule has 0 aliphatic carbocycles. The number of nitrogens with one attached hydrogen (secondary N) is 1. The molecule has 0 fully saturated rings. The Morgan fingerprint density at radius 3 is 2.95 bits per heavy atom. The van der Waals surface area contributed by atoms with Crippen molar-refractivity contribution in [1.82, 2.24) is 20.4 Å². The van der Waals surface area contributed by atoms with Gasteiger partial charge in [0.1, 0.15) is 11.8 Å². The standard InChI is InChI=1S/C12H14N4O3/c1-3-8(12-14-7(2)16-19-12)15-11(18)10-9(17)5-4-6-13-10/h4-6,8,17H,3H2,1-2H3,(H,15,18). The van der Waals surface area contributed by atoms with E-state index in [0.29, 0.717) is 18.1 Å². The van der Waals surface area contributed by atoms with Crippen LogP contribution in [0.15, 0.2) is 22.9 Å². The van der Waals surface area contributed by atoms with Crippen LogP contribution in [-0.2, 0) is 0 Å². The number of hydrogen-bond donors (Lipinski definition) is 2. The van der Waals surface area contributed by atoms with Crippen LogP contribution < -0.4 is 5.32 Å². The highest BCUT2D eigenvalue weighted by molar-refractivity contribution is 5.94. The van der Waals surface area contributed by atoms with Gasteiger partial charge in [-0.1, -0.05) is 12.1 Å². The van der Waals surface area contributed by atoms with E-state index in [-0.39, 0.29) is 11.4 Å². The van der Waals surface area contributed by atoms with Crippen LogP contribution in [0.1, 0.15) is 41.6 Å². The largest absolute Gasteiger partial charge is 0.505 e. The first-order valence-corrected chi connectivity index (χ1v) is 5.87. The first kappa shape index (κ1) is 13.0. The third-order valence-electron chi connectivity index (χ3n) is 2.56. The topological polar surface area (TPSA) is 101 Å². The molecule has 1 amide bonds. The van der Waals surface area contributed by atoms with E-state index in [2.05, 4.69) is 20.4 Å². The second-order valence-electron chi connectivity index (χ2n) is 3.99. The van der Waals surface area contributed by atoms with E-state index in [4.69, 9.17) is 4.52 Å². The number of aromatic hydroxyl groups is 1. The lowest BCUT2D eigenvalue weighted by Crippen LogP contribution is -2.29. The van der Waals surface area contributed by atoms with Crippen molar-refractivity contribution in [3.05, 3.63) is 35.7 Å². The summed E-state index contributed by atoms with van der Waals surface area (Å²) in [5.74, 6) is 0.185. The lowest BCUT2D eigenvalue weighted by molar-refractivity contribution is 0.0919. The quantitative estimate of drug-likeness (QED) is 0.862. The van der Waals surface area contributed by atoms with Crippen molar-refractivity contribution >= 4 is 5.91 Å². The lowest BCUT2D eigenvalue weighted by Gasteiger charge is -2.12. The van der Waals surface area contributed by atoms with Crippen LogP contribution in [0.2, 0.25) is 0 Å². The third-order valence-corrected chi connectivity index (χ3v) is 2.56. The first-order valence-electron chi connectivity index (χ1n) is 5.87. The second kappa shape index (κ2) is 5.47. The summed E-state index contributed by atoms with van der Waals surface area (Å²) in [4.78, 5) is 19.9. The summed E-state index contributed by atoms with van der Waals surface area (Å²) in [6, 6.07) is 2.54. The van der Waals surface area contributed by atoms with E-state index in [1.807, 2.05) is 6.92 Å². The van der Waals surface area contributed by atoms with Gasteiger partial charge < -0.3 is 14.9 Å². The van der Waals surface area contributed by atoms with Crippen LogP contribution in [0.4, 0.5) is 0 Å². The molecular formula is C12H14N4O3. The van der Waals surface area contributed by atoms with E-state index in [1.54, 1.807) is 13.0 Å². The molecule has 2 rings (SSSR count). The maximum absolute atomic E-state index is 12.0. The molecule has 1 atom stereocenters. The Hall–Kier alpha value is -2.44. The van der Waals surface area contributed by atoms with E-state index in [9.17, 15) is 9.90 Å². The van der Waals surface area contributed by atoms with Gasteiger partial charge in [0.25, 0.3) is 5.91 Å². The Morgan fingerprint density at radius 2 is 2.37 bits per heavy atom. The summed E-state index contributed by atoms with van der Waals surface area (Å²) in [6.45, 7) is 3.58. The molecular weight excluding hydrogens is 248 g/mol. The van der Waals surface area contributed by atoms with Crippen molar-refractivity contribution in [2.24, 2.45) is 0 Å². The molecule has 19 heavy (non-hydrogen) atoms. The number of carbonyl (C=O) groups is 1. The predicted molar refractivity (Wildman–Crippen MR) is 65.4 cm³/mol. The summed E-state index contributed by atoms with van der Waals surface area (Å²) < 4.78 is 5.03. The summed E-state index contributed by atoms with van der Waals surface area (Å²) in [7, 11) is 0. The molecule has 0 aromatic carbocycles. The number of hydrogen-bond acceptors (Lipinski definition) is 6. The average Bonchev–Trinajstić information content (AvgIpc) is 2.82. The lowest BCUT2D eigenvalue weighted by atomic mass is 10.2. The molecule has 2 heterocycles. The number of carbonyl (C=O) groups excluding carboxylic acids is 1. The molecule has 0 saturated heterocycles. The minimum Gasteiger partial charge on any atom is -0.505 e. The van der Waals surface area contributed by atoms with Gasteiger partial charge in [-0.25, -0.2) is 4.98 Å². The second-order valence-corrected chi connectivity index (χ2v) is 3.99. The first-order chi connectivity index (χ1) is 9.11. The monoisotopic (exact) mass is 262 g/mol. The molecule has 100 valence electrons. The zero-order chi connectivity index (χ0) is 13.8. The van der Waals surface area contributed by atoms with Crippen molar-refractivity contribution in [1.29, 1.82) is 0 Å². The van der Waals surface area contributed by atoms with Crippen LogP contribution in [0, 0.1) is 6.92 Å². The van der Waals surface area contributed by atoms with Gasteiger partial charge in [-0.05, 0) is 25.5 Å². The number of nitrogens with zero attached hydrogens (tertiary/aromatic N) is 3. The molecule has 7 heteroatoms. The fourth-order valence-corrected chi connectivity index (χ4v) is 1.59. The fourth-order valence-electron chi connectivity index (χ4n) is 1.59. The Bertz CT molecular complexity index is 582. The summed E-state index contributed by atoms with van der Waals surface area (Å²) in [5, 5.41) is 15.9. The SMILES string of the molecule is CCC(NC(=O)c1ncccc1O)c1nc(C)no1. The highest BCUT2D eigenvalue weighted by Crippen LogP contribution is 2.17. The summed E-state index contributed by atoms with van der Waals surface area (Å²) >= 11 is 0. The van der Waals surface area contributed by atoms with Crippen molar-refractivity contribution in [3.8, 4) is 5.75 Å². The van der Waals surface area contributed by atoms with Crippen LogP contribution in [0.3, 0.4) is 0 Å². The third kappa shape index (κ3) is 2.87. The molecule has 7 nitrogen and oxygen atoms in total. The van der Waals surface area contributed by atoms with Gasteiger partial charge in [0.15, 0.2) is 11.5 Å². The molecule has 0 radical (unpaired) electrons. The smallest absolute Gasteiger partial charge is 0.274 e. The minimum absolute atomic E-state index is 0.0304. The maximum atomic E-state index is 12.0. The summed E-state index contributed by atoms with van der Waals surface area (Å²) in [5.41, 5.74) is -0.0304. The van der Waals surface area contributed by atoms with Gasteiger partial charge in [-0.3, -0.25) is 4.79 Å². The van der Waals surface area contributed by atoms with E-state index in [0.717, 1.165) is 0 Å². The minimum atomic E-state index is -0.485. The Labute approximate surface area is 109 Å². The van der Waals surface area contributed by atoms with Gasteiger partial charge in [-0.2, -0.15) is 4.98 Å². The zero-order valence-electron chi connectivity index (χ0n) is 10.6. The van der Waals surface area contributed by atoms with Gasteiger partial charge in [0, 0.05) is 6.20 Å². The van der Waals surface area contributed by atoms with E-state index >= 15 is 0 Å². The highest BCUT2D eigenvalue weighted by Gasteiger charge is 2.21. The Balaban J connectivity index is 2.15. The molecule has 0 bridgehead atoms. The van der Waals surface area contributed by atoms with Crippen molar-refractivity contribution < 1.29 is 14.4 Å². The van der Waals surface area contributed by atoms with E-state index < -0.39 is 11.9 Å². The number of aryl methyl sites for hydroxylation is 1. The number of rotatable bonds is 4. The molecule has 0 aliphatic heterocycles. The number of pyridine rings is 1. The summed E-state index contributed by atoms with van der Waals surface area (Å²) in [6.07, 6.45) is 2.02. The van der Waals surface area contributed by atoms with Gasteiger partial charge in [-0.15, -0.1) is 0 Å². The van der Waals surface area contributed by atoms with Crippen LogP contribution in [-0.4, -0.2) is 26.1 Å². The predicted octanol–water partition coefficient (Wildman–Crippen LogP) is 1.36. The van der Waals surface area contributed by atoms with Crippen molar-refractivity contribution in [3.63, 3.8) is 0 Å². The average molecular weight is 262 g/mol. The number of aromatic nitrogens is 3. The van der Waals surface area contributed by atoms with Gasteiger partial charge in [0.05, 0.1) is 0 Å². The molecule has 2 aromatic heterocycles. The van der Waals surface area contributed by atoms with E-state index in [1.165, 1.54) is 12.3 Å². The maximum Gasteiger partial charge on any atom is 0.274 e. The van der Waals surface area contributed by atoms with Crippen LogP contribution in [0.25, 0.3) is 0 Å². The Morgan fingerprint density at radius 1 is 1.58 bits per heavy atom. The number of amides is 1. The van der Waals surface area contributed by atoms with Crippen LogP contribution in [0.5, 0.6) is 5.75 Å². The van der Waals surface area contributed by atoms with Crippen molar-refractivity contribution in [2.75, 3.05) is 0 Å². The normalized spacial score (nSPS) is 12.1. The van der Waals surface area contributed by atoms with Gasteiger partial charge in [0.2, 0.25) is 5.89 Å².